The van der Waals surface area contributed by atoms with Crippen LogP contribution in [-0.2, 0) is 0 Å². The minimum absolute atomic E-state index is 0.0470. The Labute approximate surface area is 182 Å². The SMILES string of the molecule is Bc1ccc(N/C(=N/SC)C(=N)N[C@H](CC)c2cc(C)co2)c(O)c1C(=O)N(C)C. The van der Waals surface area contributed by atoms with Gasteiger partial charge >= 0.3 is 0 Å². The molecule has 2 aromatic rings. The second-order valence-electron chi connectivity index (χ2n) is 7.11. The largest absolute Gasteiger partial charge is 0.505 e. The fourth-order valence-electron chi connectivity index (χ4n) is 2.89. The highest BCUT2D eigenvalue weighted by Crippen LogP contribution is 2.27. The number of carbonyl (C=O) groups excluding carboxylic acids is 1. The van der Waals surface area contributed by atoms with Crippen LogP contribution in [0.1, 0.15) is 41.1 Å². The molecule has 0 aliphatic carbocycles. The monoisotopic (exact) mass is 429 g/mol. The van der Waals surface area contributed by atoms with E-state index in [0.29, 0.717) is 17.6 Å². The number of nitrogens with zero attached hydrogens (tertiary/aromatic N) is 2. The van der Waals surface area contributed by atoms with Gasteiger partial charge in [-0.3, -0.25) is 10.2 Å². The van der Waals surface area contributed by atoms with Crippen LogP contribution in [0.3, 0.4) is 0 Å². The standard InChI is InChI=1S/C20H28BN5O3S/c1-6-13(15-9-11(2)10-29-15)23-18(22)19(25-30-5)24-14-8-7-12(21)16(17(14)27)20(28)26(3)4/h7-10,13,27H,6,21H2,1-5H3,(H2,22,23)(H,24,25)/t13-/m1/s1. The number of benzene rings is 1. The van der Waals surface area contributed by atoms with Crippen molar-refractivity contribution in [3.8, 4) is 5.75 Å². The third-order valence-electron chi connectivity index (χ3n) is 4.50. The minimum atomic E-state index is -0.301. The number of aryl methyl sites for hydroxylation is 1. The first kappa shape index (κ1) is 23.4. The van der Waals surface area contributed by atoms with E-state index < -0.39 is 0 Å². The first-order valence-electron chi connectivity index (χ1n) is 9.52. The van der Waals surface area contributed by atoms with E-state index in [-0.39, 0.29) is 34.9 Å². The summed E-state index contributed by atoms with van der Waals surface area (Å²) in [6.45, 7) is 3.94. The molecular formula is C20H28BN5O3S. The van der Waals surface area contributed by atoms with Gasteiger partial charge in [-0.25, -0.2) is 0 Å². The van der Waals surface area contributed by atoms with Crippen molar-refractivity contribution in [1.29, 1.82) is 5.41 Å². The zero-order valence-corrected chi connectivity index (χ0v) is 19.0. The number of phenolic OH excluding ortho intramolecular Hbond substituents is 1. The zero-order valence-electron chi connectivity index (χ0n) is 18.2. The van der Waals surface area contributed by atoms with E-state index in [2.05, 4.69) is 15.0 Å². The Bertz CT molecular complexity index is 958. The van der Waals surface area contributed by atoms with Crippen molar-refractivity contribution in [2.45, 2.75) is 26.3 Å². The fourth-order valence-corrected chi connectivity index (χ4v) is 3.21. The Kier molecular flexibility index (Phi) is 7.99. The third kappa shape index (κ3) is 5.38. The highest BCUT2D eigenvalue weighted by molar-refractivity contribution is 7.97. The predicted molar refractivity (Wildman–Crippen MR) is 126 cm³/mol. The molecule has 160 valence electrons. The van der Waals surface area contributed by atoms with Crippen molar-refractivity contribution in [2.24, 2.45) is 4.40 Å². The molecule has 10 heteroatoms. The summed E-state index contributed by atoms with van der Waals surface area (Å²) >= 11 is 1.18. The molecule has 0 unspecified atom stereocenters. The van der Waals surface area contributed by atoms with Crippen molar-refractivity contribution in [3.63, 3.8) is 0 Å². The van der Waals surface area contributed by atoms with Crippen LogP contribution in [0.4, 0.5) is 5.69 Å². The predicted octanol–water partition coefficient (Wildman–Crippen LogP) is 2.06. The van der Waals surface area contributed by atoms with Gasteiger partial charge in [0, 0.05) is 20.4 Å². The van der Waals surface area contributed by atoms with E-state index in [1.807, 2.05) is 19.9 Å². The zero-order chi connectivity index (χ0) is 22.4. The van der Waals surface area contributed by atoms with Gasteiger partial charge in [0.15, 0.2) is 17.4 Å². The molecule has 1 atom stereocenters. The highest BCUT2D eigenvalue weighted by Gasteiger charge is 2.22. The van der Waals surface area contributed by atoms with E-state index in [1.54, 1.807) is 46.6 Å². The van der Waals surface area contributed by atoms with Gasteiger partial charge in [0.2, 0.25) is 0 Å². The number of carbonyl (C=O) groups is 1. The van der Waals surface area contributed by atoms with Crippen molar-refractivity contribution in [3.05, 3.63) is 41.3 Å². The molecule has 1 aromatic carbocycles. The van der Waals surface area contributed by atoms with Crippen LogP contribution in [0.15, 0.2) is 33.3 Å². The molecule has 30 heavy (non-hydrogen) atoms. The van der Waals surface area contributed by atoms with E-state index in [1.165, 1.54) is 16.8 Å². The lowest BCUT2D eigenvalue weighted by Gasteiger charge is -2.20. The van der Waals surface area contributed by atoms with Crippen LogP contribution in [-0.4, -0.2) is 55.8 Å². The molecule has 0 aliphatic rings. The maximum Gasteiger partial charge on any atom is 0.256 e. The normalized spacial score (nSPS) is 12.4. The molecule has 8 nitrogen and oxygen atoms in total. The first-order chi connectivity index (χ1) is 14.2. The molecule has 0 saturated heterocycles. The Morgan fingerprint density at radius 2 is 2.13 bits per heavy atom. The summed E-state index contributed by atoms with van der Waals surface area (Å²) in [7, 11) is 5.02. The van der Waals surface area contributed by atoms with Gasteiger partial charge in [0.05, 0.1) is 23.6 Å². The van der Waals surface area contributed by atoms with Gasteiger partial charge in [-0.05, 0) is 43.0 Å². The van der Waals surface area contributed by atoms with E-state index in [9.17, 15) is 9.90 Å². The number of furan rings is 1. The van der Waals surface area contributed by atoms with Gasteiger partial charge in [0.1, 0.15) is 13.6 Å². The number of anilines is 1. The number of hydrogen-bond acceptors (Lipinski definition) is 6. The summed E-state index contributed by atoms with van der Waals surface area (Å²) in [4.78, 5) is 13.9. The Morgan fingerprint density at radius 3 is 2.67 bits per heavy atom. The number of amidine groups is 2. The molecule has 1 heterocycles. The number of hydrogen-bond donors (Lipinski definition) is 4. The first-order valence-corrected chi connectivity index (χ1v) is 10.7. The summed E-state index contributed by atoms with van der Waals surface area (Å²) in [6, 6.07) is 5.14. The fraction of sp³-hybridized carbons (Fsp3) is 0.350. The second-order valence-corrected chi connectivity index (χ2v) is 7.65. The summed E-state index contributed by atoms with van der Waals surface area (Å²) in [5.41, 5.74) is 2.18. The minimum Gasteiger partial charge on any atom is -0.505 e. The lowest BCUT2D eigenvalue weighted by atomic mass is 9.88. The van der Waals surface area contributed by atoms with E-state index >= 15 is 0 Å². The molecule has 1 aromatic heterocycles. The highest BCUT2D eigenvalue weighted by atomic mass is 32.2. The quantitative estimate of drug-likeness (QED) is 0.184. The molecular weight excluding hydrogens is 401 g/mol. The average Bonchev–Trinajstić information content (AvgIpc) is 3.13. The lowest BCUT2D eigenvalue weighted by Crippen LogP contribution is -2.37. The molecule has 0 aliphatic heterocycles. The van der Waals surface area contributed by atoms with Crippen molar-refractivity contribution in [2.75, 3.05) is 25.7 Å². The van der Waals surface area contributed by atoms with Gasteiger partial charge in [-0.2, -0.15) is 4.40 Å². The molecule has 1 amide bonds. The van der Waals surface area contributed by atoms with Crippen LogP contribution < -0.4 is 16.1 Å². The van der Waals surface area contributed by atoms with Gasteiger partial charge in [-0.1, -0.05) is 18.5 Å². The van der Waals surface area contributed by atoms with Gasteiger partial charge in [-0.15, -0.1) is 0 Å². The molecule has 2 rings (SSSR count). The summed E-state index contributed by atoms with van der Waals surface area (Å²) in [5.74, 6) is 0.533. The number of phenols is 1. The maximum absolute atomic E-state index is 12.5. The topological polar surface area (TPSA) is 114 Å². The smallest absolute Gasteiger partial charge is 0.256 e. The Hall–Kier alpha value is -2.88. The number of nitrogens with one attached hydrogen (secondary N) is 3. The summed E-state index contributed by atoms with van der Waals surface area (Å²) in [6.07, 6.45) is 4.16. The lowest BCUT2D eigenvalue weighted by molar-refractivity contribution is 0.0826. The molecule has 0 bridgehead atoms. The van der Waals surface area contributed by atoms with Crippen molar-refractivity contribution in [1.82, 2.24) is 10.2 Å². The van der Waals surface area contributed by atoms with Gasteiger partial charge in [0.25, 0.3) is 5.91 Å². The molecule has 0 spiro atoms. The molecule has 0 radical (unpaired) electrons. The van der Waals surface area contributed by atoms with Crippen LogP contribution >= 0.6 is 11.9 Å². The molecule has 0 saturated carbocycles. The van der Waals surface area contributed by atoms with E-state index in [0.717, 1.165) is 11.3 Å². The Balaban J connectivity index is 2.29. The van der Waals surface area contributed by atoms with Crippen LogP contribution in [0, 0.1) is 12.3 Å². The molecule has 4 N–H and O–H groups in total. The van der Waals surface area contributed by atoms with Gasteiger partial charge < -0.3 is 25.1 Å². The van der Waals surface area contributed by atoms with Crippen LogP contribution in [0.5, 0.6) is 5.75 Å². The number of amides is 1. The van der Waals surface area contributed by atoms with Crippen LogP contribution in [0.25, 0.3) is 0 Å². The second kappa shape index (κ2) is 10.2. The third-order valence-corrected chi connectivity index (χ3v) is 4.86. The van der Waals surface area contributed by atoms with E-state index in [4.69, 9.17) is 9.83 Å². The maximum atomic E-state index is 12.5. The number of rotatable bonds is 6. The van der Waals surface area contributed by atoms with Crippen molar-refractivity contribution >= 4 is 48.5 Å². The number of aromatic hydroxyl groups is 1. The summed E-state index contributed by atoms with van der Waals surface area (Å²) < 4.78 is 9.84. The summed E-state index contributed by atoms with van der Waals surface area (Å²) in [5, 5.41) is 25.3. The average molecular weight is 429 g/mol. The molecule has 0 fully saturated rings. The van der Waals surface area contributed by atoms with Crippen molar-refractivity contribution < 1.29 is 14.3 Å². The Morgan fingerprint density at radius 1 is 1.43 bits per heavy atom. The van der Waals surface area contributed by atoms with Crippen LogP contribution in [0.2, 0.25) is 0 Å².